The molecule has 1 aromatic carbocycles. The van der Waals surface area contributed by atoms with Crippen LogP contribution in [-0.4, -0.2) is 13.0 Å². The van der Waals surface area contributed by atoms with Gasteiger partial charge in [0.25, 0.3) is 5.91 Å². The molecule has 24 heavy (non-hydrogen) atoms. The molecule has 124 valence electrons. The molecule has 0 spiro atoms. The van der Waals surface area contributed by atoms with Gasteiger partial charge in [-0.3, -0.25) is 4.79 Å². The lowest BCUT2D eigenvalue weighted by molar-refractivity contribution is 0.102. The molecule has 0 radical (unpaired) electrons. The topological polar surface area (TPSA) is 62.1 Å². The normalized spacial score (nSPS) is 14.0. The van der Waals surface area contributed by atoms with Gasteiger partial charge in [0.15, 0.2) is 0 Å². The molecular formula is C19H20N2O2S. The van der Waals surface area contributed by atoms with E-state index in [4.69, 9.17) is 4.74 Å². The Morgan fingerprint density at radius 1 is 1.25 bits per heavy atom. The lowest BCUT2D eigenvalue weighted by Crippen LogP contribution is -2.11. The highest BCUT2D eigenvalue weighted by Crippen LogP contribution is 2.36. The molecule has 0 atom stereocenters. The molecule has 0 aliphatic heterocycles. The number of nitriles is 1. The van der Waals surface area contributed by atoms with Crippen molar-refractivity contribution in [3.8, 4) is 11.8 Å². The summed E-state index contributed by atoms with van der Waals surface area (Å²) < 4.78 is 5.16. The van der Waals surface area contributed by atoms with Crippen LogP contribution in [0.5, 0.6) is 5.75 Å². The number of rotatable bonds is 3. The third-order valence-corrected chi connectivity index (χ3v) is 5.55. The second-order valence-corrected chi connectivity index (χ2v) is 7.03. The van der Waals surface area contributed by atoms with E-state index in [2.05, 4.69) is 11.4 Å². The zero-order valence-electron chi connectivity index (χ0n) is 13.7. The molecule has 4 nitrogen and oxygen atoms in total. The maximum atomic E-state index is 12.5. The summed E-state index contributed by atoms with van der Waals surface area (Å²) in [6, 6.07) is 9.33. The molecule has 1 aromatic heterocycles. The number of methoxy groups -OCH3 is 1. The summed E-state index contributed by atoms with van der Waals surface area (Å²) in [7, 11) is 1.57. The largest absolute Gasteiger partial charge is 0.497 e. The lowest BCUT2D eigenvalue weighted by atomic mass is 9.97. The third-order valence-electron chi connectivity index (χ3n) is 4.34. The minimum absolute atomic E-state index is 0.209. The molecule has 1 heterocycles. The van der Waals surface area contributed by atoms with Gasteiger partial charge in [0.2, 0.25) is 0 Å². The fourth-order valence-corrected chi connectivity index (χ4v) is 4.30. The number of carbonyl (C=O) groups is 1. The fraction of sp³-hybridized carbons (Fsp3) is 0.368. The van der Waals surface area contributed by atoms with E-state index in [0.717, 1.165) is 31.2 Å². The van der Waals surface area contributed by atoms with Gasteiger partial charge in [0.05, 0.1) is 12.7 Å². The van der Waals surface area contributed by atoms with Crippen molar-refractivity contribution in [1.82, 2.24) is 0 Å². The molecule has 1 amide bonds. The molecule has 5 heteroatoms. The zero-order chi connectivity index (χ0) is 16.9. The van der Waals surface area contributed by atoms with Crippen molar-refractivity contribution in [3.63, 3.8) is 0 Å². The summed E-state index contributed by atoms with van der Waals surface area (Å²) in [5.74, 6) is 0.432. The molecule has 0 unspecified atom stereocenters. The van der Waals surface area contributed by atoms with Crippen LogP contribution in [0.15, 0.2) is 24.3 Å². The third kappa shape index (κ3) is 3.44. The Morgan fingerprint density at radius 2 is 2.04 bits per heavy atom. The first-order chi connectivity index (χ1) is 11.7. The minimum Gasteiger partial charge on any atom is -0.497 e. The van der Waals surface area contributed by atoms with Crippen molar-refractivity contribution in [3.05, 3.63) is 45.8 Å². The molecule has 0 saturated heterocycles. The van der Waals surface area contributed by atoms with Gasteiger partial charge < -0.3 is 10.1 Å². The standard InChI is InChI=1S/C19H20N2O2S/c1-23-14-8-6-7-13(11-14)18(22)21-19-16(12-20)15-9-4-2-3-5-10-17(15)24-19/h6-8,11H,2-5,9-10H2,1H3,(H,21,22). The molecular weight excluding hydrogens is 320 g/mol. The Labute approximate surface area is 146 Å². The van der Waals surface area contributed by atoms with E-state index in [-0.39, 0.29) is 5.91 Å². The average molecular weight is 340 g/mol. The van der Waals surface area contributed by atoms with Crippen LogP contribution in [0.2, 0.25) is 0 Å². The molecule has 1 N–H and O–H groups in total. The van der Waals surface area contributed by atoms with Gasteiger partial charge in [-0.1, -0.05) is 18.9 Å². The van der Waals surface area contributed by atoms with Crippen molar-refractivity contribution in [2.75, 3.05) is 12.4 Å². The van der Waals surface area contributed by atoms with Crippen molar-refractivity contribution in [1.29, 1.82) is 5.26 Å². The van der Waals surface area contributed by atoms with Crippen LogP contribution in [0, 0.1) is 11.3 Å². The number of nitrogens with zero attached hydrogens (tertiary/aromatic N) is 1. The van der Waals surface area contributed by atoms with Gasteiger partial charge in [-0.2, -0.15) is 5.26 Å². The number of hydrogen-bond acceptors (Lipinski definition) is 4. The van der Waals surface area contributed by atoms with Crippen LogP contribution in [0.3, 0.4) is 0 Å². The number of aryl methyl sites for hydroxylation is 1. The van der Waals surface area contributed by atoms with E-state index < -0.39 is 0 Å². The number of benzene rings is 1. The van der Waals surface area contributed by atoms with Gasteiger partial charge in [0.1, 0.15) is 16.8 Å². The average Bonchev–Trinajstić information content (AvgIpc) is 2.90. The van der Waals surface area contributed by atoms with Gasteiger partial charge in [-0.15, -0.1) is 11.3 Å². The van der Waals surface area contributed by atoms with Gasteiger partial charge in [-0.05, 0) is 49.4 Å². The first-order valence-electron chi connectivity index (χ1n) is 8.23. The maximum Gasteiger partial charge on any atom is 0.256 e. The smallest absolute Gasteiger partial charge is 0.256 e. The highest BCUT2D eigenvalue weighted by molar-refractivity contribution is 7.16. The highest BCUT2D eigenvalue weighted by atomic mass is 32.1. The molecule has 0 bridgehead atoms. The van der Waals surface area contributed by atoms with Crippen molar-refractivity contribution >= 4 is 22.2 Å². The first kappa shape index (κ1) is 16.5. The second kappa shape index (κ2) is 7.50. The summed E-state index contributed by atoms with van der Waals surface area (Å²) in [6.45, 7) is 0. The van der Waals surface area contributed by atoms with Crippen molar-refractivity contribution in [2.24, 2.45) is 0 Å². The van der Waals surface area contributed by atoms with Gasteiger partial charge in [0, 0.05) is 10.4 Å². The Kier molecular flexibility index (Phi) is 5.17. The summed E-state index contributed by atoms with van der Waals surface area (Å²) in [5.41, 5.74) is 2.32. The van der Waals surface area contributed by atoms with Crippen LogP contribution in [0.25, 0.3) is 0 Å². The Hall–Kier alpha value is -2.32. The Morgan fingerprint density at radius 3 is 2.79 bits per heavy atom. The van der Waals surface area contributed by atoms with Crippen molar-refractivity contribution < 1.29 is 9.53 Å². The van der Waals surface area contributed by atoms with E-state index in [9.17, 15) is 10.1 Å². The van der Waals surface area contributed by atoms with Crippen LogP contribution in [0.1, 0.15) is 52.0 Å². The lowest BCUT2D eigenvalue weighted by Gasteiger charge is -2.08. The van der Waals surface area contributed by atoms with Gasteiger partial charge in [-0.25, -0.2) is 0 Å². The van der Waals surface area contributed by atoms with Crippen LogP contribution < -0.4 is 10.1 Å². The number of ether oxygens (including phenoxy) is 1. The quantitative estimate of drug-likeness (QED) is 0.892. The number of anilines is 1. The first-order valence-corrected chi connectivity index (χ1v) is 9.04. The van der Waals surface area contributed by atoms with E-state index in [1.807, 2.05) is 0 Å². The van der Waals surface area contributed by atoms with Crippen LogP contribution in [-0.2, 0) is 12.8 Å². The fourth-order valence-electron chi connectivity index (χ4n) is 3.07. The molecule has 1 aliphatic carbocycles. The monoisotopic (exact) mass is 340 g/mol. The molecule has 1 aliphatic rings. The zero-order valence-corrected chi connectivity index (χ0v) is 14.5. The highest BCUT2D eigenvalue weighted by Gasteiger charge is 2.20. The van der Waals surface area contributed by atoms with E-state index in [0.29, 0.717) is 21.9 Å². The number of thiophene rings is 1. The number of fused-ring (bicyclic) bond motifs is 1. The maximum absolute atomic E-state index is 12.5. The predicted octanol–water partition coefficient (Wildman–Crippen LogP) is 4.54. The molecule has 0 fully saturated rings. The second-order valence-electron chi connectivity index (χ2n) is 5.92. The van der Waals surface area contributed by atoms with E-state index in [1.165, 1.54) is 17.7 Å². The van der Waals surface area contributed by atoms with Crippen LogP contribution >= 0.6 is 11.3 Å². The molecule has 3 rings (SSSR count). The van der Waals surface area contributed by atoms with Crippen LogP contribution in [0.4, 0.5) is 5.00 Å². The van der Waals surface area contributed by atoms with Crippen molar-refractivity contribution in [2.45, 2.75) is 38.5 Å². The Balaban J connectivity index is 1.88. The number of carbonyl (C=O) groups excluding carboxylic acids is 1. The summed E-state index contributed by atoms with van der Waals surface area (Å²) in [6.07, 6.45) is 6.66. The molecule has 2 aromatic rings. The van der Waals surface area contributed by atoms with E-state index in [1.54, 1.807) is 42.7 Å². The number of amides is 1. The SMILES string of the molecule is COc1cccc(C(=O)Nc2sc3c(c2C#N)CCCCCC3)c1. The minimum atomic E-state index is -0.209. The Bertz CT molecular complexity index is 789. The molecule has 0 saturated carbocycles. The predicted molar refractivity (Wildman–Crippen MR) is 95.9 cm³/mol. The van der Waals surface area contributed by atoms with Gasteiger partial charge >= 0.3 is 0 Å². The number of nitrogens with one attached hydrogen (secondary N) is 1. The number of hydrogen-bond donors (Lipinski definition) is 1. The summed E-state index contributed by atoms with van der Waals surface area (Å²) >= 11 is 1.56. The summed E-state index contributed by atoms with van der Waals surface area (Å²) in [4.78, 5) is 13.8. The summed E-state index contributed by atoms with van der Waals surface area (Å²) in [5, 5.41) is 13.2. The van der Waals surface area contributed by atoms with E-state index >= 15 is 0 Å².